The first-order valence-corrected chi connectivity index (χ1v) is 6.04. The summed E-state index contributed by atoms with van der Waals surface area (Å²) >= 11 is 0. The van der Waals surface area contributed by atoms with Crippen molar-refractivity contribution in [2.45, 2.75) is 39.2 Å². The van der Waals surface area contributed by atoms with Crippen LogP contribution in [0, 0.1) is 13.8 Å². The molecule has 1 aliphatic rings. The van der Waals surface area contributed by atoms with Crippen LogP contribution >= 0.6 is 0 Å². The maximum absolute atomic E-state index is 6.18. The Bertz CT molecular complexity index is 551. The van der Waals surface area contributed by atoms with Crippen LogP contribution in [0.25, 0.3) is 10.9 Å². The van der Waals surface area contributed by atoms with Crippen molar-refractivity contribution in [3.63, 3.8) is 0 Å². The van der Waals surface area contributed by atoms with Gasteiger partial charge in [0.1, 0.15) is 0 Å². The predicted molar refractivity (Wildman–Crippen MR) is 67.6 cm³/mol. The van der Waals surface area contributed by atoms with Gasteiger partial charge in [-0.3, -0.25) is 0 Å². The highest BCUT2D eigenvalue weighted by molar-refractivity contribution is 5.90. The third kappa shape index (κ3) is 1.23. The van der Waals surface area contributed by atoms with E-state index in [1.165, 1.54) is 46.1 Å². The van der Waals surface area contributed by atoms with Crippen LogP contribution in [0.15, 0.2) is 12.1 Å². The standard InChI is InChI=1S/C14H18N2/c1-8-6-7-9(2)13-12(8)10-4-3-5-11(15)14(10)16-13/h6-7,11,16H,3-5,15H2,1-2H3. The molecule has 1 aromatic carbocycles. The fourth-order valence-electron chi connectivity index (χ4n) is 2.93. The van der Waals surface area contributed by atoms with Gasteiger partial charge in [0.05, 0.1) is 0 Å². The van der Waals surface area contributed by atoms with Crippen LogP contribution < -0.4 is 5.73 Å². The Hall–Kier alpha value is -1.28. The van der Waals surface area contributed by atoms with Crippen molar-refractivity contribution in [3.8, 4) is 0 Å². The van der Waals surface area contributed by atoms with Crippen LogP contribution in [0.1, 0.15) is 41.3 Å². The second kappa shape index (κ2) is 3.36. The Labute approximate surface area is 95.8 Å². The molecule has 1 heterocycles. The number of aromatic amines is 1. The monoisotopic (exact) mass is 214 g/mol. The van der Waals surface area contributed by atoms with Gasteiger partial charge in [-0.15, -0.1) is 0 Å². The lowest BCUT2D eigenvalue weighted by atomic mass is 9.91. The van der Waals surface area contributed by atoms with Crippen LogP contribution in [0.4, 0.5) is 0 Å². The van der Waals surface area contributed by atoms with E-state index >= 15 is 0 Å². The maximum Gasteiger partial charge on any atom is 0.0491 e. The Balaban J connectivity index is 2.40. The number of rotatable bonds is 0. The van der Waals surface area contributed by atoms with Gasteiger partial charge >= 0.3 is 0 Å². The van der Waals surface area contributed by atoms with E-state index in [0.717, 1.165) is 6.42 Å². The molecule has 0 aliphatic heterocycles. The van der Waals surface area contributed by atoms with E-state index < -0.39 is 0 Å². The number of aryl methyl sites for hydroxylation is 3. The van der Waals surface area contributed by atoms with E-state index in [-0.39, 0.29) is 6.04 Å². The third-order valence-electron chi connectivity index (χ3n) is 3.82. The summed E-state index contributed by atoms with van der Waals surface area (Å²) in [6, 6.07) is 4.60. The molecule has 1 unspecified atom stereocenters. The molecule has 2 aromatic rings. The lowest BCUT2D eigenvalue weighted by Gasteiger charge is -2.18. The molecule has 16 heavy (non-hydrogen) atoms. The molecule has 0 saturated carbocycles. The molecule has 2 heteroatoms. The predicted octanol–water partition coefficient (Wildman–Crippen LogP) is 3.12. The molecule has 2 nitrogen and oxygen atoms in total. The first-order chi connectivity index (χ1) is 7.68. The van der Waals surface area contributed by atoms with Gasteiger partial charge in [0, 0.05) is 22.6 Å². The molecular formula is C14H18N2. The Morgan fingerprint density at radius 3 is 2.81 bits per heavy atom. The zero-order valence-corrected chi connectivity index (χ0v) is 9.93. The zero-order chi connectivity index (χ0) is 11.3. The number of hydrogen-bond acceptors (Lipinski definition) is 1. The summed E-state index contributed by atoms with van der Waals surface area (Å²) in [6.07, 6.45) is 3.50. The van der Waals surface area contributed by atoms with Crippen LogP contribution in [0.3, 0.4) is 0 Å². The minimum Gasteiger partial charge on any atom is -0.357 e. The van der Waals surface area contributed by atoms with Gasteiger partial charge in [0.25, 0.3) is 0 Å². The van der Waals surface area contributed by atoms with E-state index in [1.54, 1.807) is 0 Å². The van der Waals surface area contributed by atoms with Gasteiger partial charge in [-0.25, -0.2) is 0 Å². The molecule has 1 aliphatic carbocycles. The first kappa shape index (κ1) is 9.91. The first-order valence-electron chi connectivity index (χ1n) is 6.04. The van der Waals surface area contributed by atoms with E-state index in [2.05, 4.69) is 31.0 Å². The minimum atomic E-state index is 0.204. The summed E-state index contributed by atoms with van der Waals surface area (Å²) in [5.74, 6) is 0. The molecule has 0 fully saturated rings. The zero-order valence-electron chi connectivity index (χ0n) is 9.93. The summed E-state index contributed by atoms with van der Waals surface area (Å²) in [4.78, 5) is 3.55. The SMILES string of the molecule is Cc1ccc(C)c2c3c([nH]c12)C(N)CCC3. The normalized spacial score (nSPS) is 20.1. The lowest BCUT2D eigenvalue weighted by molar-refractivity contribution is 0.562. The highest BCUT2D eigenvalue weighted by Gasteiger charge is 2.22. The van der Waals surface area contributed by atoms with Gasteiger partial charge in [-0.2, -0.15) is 0 Å². The van der Waals surface area contributed by atoms with Crippen LogP contribution in [0.2, 0.25) is 0 Å². The maximum atomic E-state index is 6.18. The highest BCUT2D eigenvalue weighted by Crippen LogP contribution is 2.36. The smallest absolute Gasteiger partial charge is 0.0491 e. The summed E-state index contributed by atoms with van der Waals surface area (Å²) in [5, 5.41) is 1.42. The Morgan fingerprint density at radius 1 is 1.25 bits per heavy atom. The number of fused-ring (bicyclic) bond motifs is 3. The van der Waals surface area contributed by atoms with Crippen LogP contribution in [-0.2, 0) is 6.42 Å². The number of nitrogens with two attached hydrogens (primary N) is 1. The van der Waals surface area contributed by atoms with Crippen molar-refractivity contribution in [1.82, 2.24) is 4.98 Å². The van der Waals surface area contributed by atoms with Gasteiger partial charge in [-0.05, 0) is 49.8 Å². The van der Waals surface area contributed by atoms with Crippen LogP contribution in [-0.4, -0.2) is 4.98 Å². The Kier molecular flexibility index (Phi) is 2.08. The summed E-state index contributed by atoms with van der Waals surface area (Å²) in [7, 11) is 0. The number of hydrogen-bond donors (Lipinski definition) is 2. The van der Waals surface area contributed by atoms with Gasteiger partial charge in [-0.1, -0.05) is 12.1 Å². The number of nitrogens with one attached hydrogen (secondary N) is 1. The molecule has 0 amide bonds. The molecule has 0 radical (unpaired) electrons. The number of H-pyrrole nitrogens is 1. The van der Waals surface area contributed by atoms with Gasteiger partial charge in [0.15, 0.2) is 0 Å². The van der Waals surface area contributed by atoms with Crippen molar-refractivity contribution in [3.05, 3.63) is 34.5 Å². The van der Waals surface area contributed by atoms with Crippen molar-refractivity contribution >= 4 is 10.9 Å². The highest BCUT2D eigenvalue weighted by atomic mass is 14.8. The van der Waals surface area contributed by atoms with Crippen LogP contribution in [0.5, 0.6) is 0 Å². The topological polar surface area (TPSA) is 41.8 Å². The molecule has 84 valence electrons. The molecule has 3 N–H and O–H groups in total. The fourth-order valence-corrected chi connectivity index (χ4v) is 2.93. The van der Waals surface area contributed by atoms with E-state index in [1.807, 2.05) is 0 Å². The van der Waals surface area contributed by atoms with Gasteiger partial charge in [0.2, 0.25) is 0 Å². The number of aromatic nitrogens is 1. The van der Waals surface area contributed by atoms with E-state index in [4.69, 9.17) is 5.73 Å². The Morgan fingerprint density at radius 2 is 2.00 bits per heavy atom. The van der Waals surface area contributed by atoms with Crippen molar-refractivity contribution in [2.24, 2.45) is 5.73 Å². The lowest BCUT2D eigenvalue weighted by Crippen LogP contribution is -2.16. The van der Waals surface area contributed by atoms with Crippen molar-refractivity contribution < 1.29 is 0 Å². The van der Waals surface area contributed by atoms with Gasteiger partial charge < -0.3 is 10.7 Å². The van der Waals surface area contributed by atoms with E-state index in [9.17, 15) is 0 Å². The minimum absolute atomic E-state index is 0.204. The number of benzene rings is 1. The molecule has 1 atom stereocenters. The second-order valence-corrected chi connectivity index (χ2v) is 4.97. The van der Waals surface area contributed by atoms with E-state index in [0.29, 0.717) is 0 Å². The average Bonchev–Trinajstić information content (AvgIpc) is 2.66. The molecule has 0 bridgehead atoms. The van der Waals surface area contributed by atoms with Crippen molar-refractivity contribution in [2.75, 3.05) is 0 Å². The molecule has 1 aromatic heterocycles. The largest absolute Gasteiger partial charge is 0.357 e. The summed E-state index contributed by atoms with van der Waals surface area (Å²) < 4.78 is 0. The quantitative estimate of drug-likeness (QED) is 0.695. The second-order valence-electron chi connectivity index (χ2n) is 4.97. The summed E-state index contributed by atoms with van der Waals surface area (Å²) in [6.45, 7) is 4.35. The molecule has 0 saturated heterocycles. The molecule has 0 spiro atoms. The fraction of sp³-hybridized carbons (Fsp3) is 0.429. The summed E-state index contributed by atoms with van der Waals surface area (Å²) in [5.41, 5.74) is 12.9. The average molecular weight is 214 g/mol. The van der Waals surface area contributed by atoms with Crippen molar-refractivity contribution in [1.29, 1.82) is 0 Å². The molecule has 3 rings (SSSR count). The third-order valence-corrected chi connectivity index (χ3v) is 3.82. The molecular weight excluding hydrogens is 196 g/mol.